The van der Waals surface area contributed by atoms with Gasteiger partial charge >= 0.3 is 0 Å². The molecule has 0 radical (unpaired) electrons. The molecule has 2 aliphatic heterocycles. The predicted octanol–water partition coefficient (Wildman–Crippen LogP) is 4.88. The molecule has 0 aromatic heterocycles. The van der Waals surface area contributed by atoms with Gasteiger partial charge in [0.2, 0.25) is 0 Å². The fraction of sp³-hybridized carbons (Fsp3) is 0.750. The molecule has 1 aromatic rings. The molecule has 0 bridgehead atoms. The number of ether oxygens (including phenoxy) is 4. The van der Waals surface area contributed by atoms with Crippen LogP contribution in [0.15, 0.2) is 12.1 Å². The van der Waals surface area contributed by atoms with E-state index in [1.807, 2.05) is 13.8 Å². The average Bonchev–Trinajstić information content (AvgIpc) is 2.59. The standard InChI is InChI=1S/C24H38O5/c1-7-19(25)11-21-13-22(28-18(6)27-21)12-20-10-17(5)26-24(29-20)23-15(3)8-14(2)9-16(23)4/h8-9,17-22,24-25H,7,10-13H2,1-6H3/t17?,18-,19?,20?,21?,22?,24+/m0/s1. The van der Waals surface area contributed by atoms with Crippen LogP contribution in [0.25, 0.3) is 0 Å². The monoisotopic (exact) mass is 406 g/mol. The van der Waals surface area contributed by atoms with Gasteiger partial charge in [-0.15, -0.1) is 0 Å². The number of aryl methyl sites for hydroxylation is 3. The van der Waals surface area contributed by atoms with Crippen molar-refractivity contribution in [2.45, 2.75) is 117 Å². The Balaban J connectivity index is 1.66. The number of aliphatic hydroxyl groups excluding tert-OH is 1. The van der Waals surface area contributed by atoms with Crippen LogP contribution >= 0.6 is 0 Å². The van der Waals surface area contributed by atoms with Gasteiger partial charge in [0.05, 0.1) is 30.5 Å². The van der Waals surface area contributed by atoms with Crippen LogP contribution in [0.3, 0.4) is 0 Å². The zero-order valence-electron chi connectivity index (χ0n) is 18.8. The van der Waals surface area contributed by atoms with Crippen LogP contribution in [-0.2, 0) is 18.9 Å². The molecule has 5 unspecified atom stereocenters. The predicted molar refractivity (Wildman–Crippen MR) is 113 cm³/mol. The Labute approximate surface area is 175 Å². The lowest BCUT2D eigenvalue weighted by Crippen LogP contribution is -2.42. The zero-order chi connectivity index (χ0) is 21.1. The van der Waals surface area contributed by atoms with Crippen LogP contribution in [0.4, 0.5) is 0 Å². The third-order valence-electron chi connectivity index (χ3n) is 6.07. The minimum Gasteiger partial charge on any atom is -0.393 e. The maximum absolute atomic E-state index is 10.0. The van der Waals surface area contributed by atoms with E-state index in [0.717, 1.165) is 31.2 Å². The van der Waals surface area contributed by atoms with Gasteiger partial charge in [-0.2, -0.15) is 0 Å². The van der Waals surface area contributed by atoms with Gasteiger partial charge in [0, 0.05) is 18.4 Å². The third-order valence-corrected chi connectivity index (χ3v) is 6.07. The highest BCUT2D eigenvalue weighted by atomic mass is 16.7. The topological polar surface area (TPSA) is 57.2 Å². The molecule has 1 N–H and O–H groups in total. The molecule has 0 saturated carbocycles. The van der Waals surface area contributed by atoms with E-state index in [-0.39, 0.29) is 43.1 Å². The molecule has 0 amide bonds. The fourth-order valence-corrected chi connectivity index (χ4v) is 4.80. The Kier molecular flexibility index (Phi) is 7.74. The van der Waals surface area contributed by atoms with Crippen molar-refractivity contribution in [3.63, 3.8) is 0 Å². The van der Waals surface area contributed by atoms with Crippen molar-refractivity contribution in [3.8, 4) is 0 Å². The lowest BCUT2D eigenvalue weighted by atomic mass is 9.95. The van der Waals surface area contributed by atoms with E-state index in [9.17, 15) is 5.11 Å². The Morgan fingerprint density at radius 1 is 0.931 bits per heavy atom. The summed E-state index contributed by atoms with van der Waals surface area (Å²) in [6, 6.07) is 4.38. The van der Waals surface area contributed by atoms with Crippen molar-refractivity contribution < 1.29 is 24.1 Å². The van der Waals surface area contributed by atoms with Gasteiger partial charge in [0.25, 0.3) is 0 Å². The van der Waals surface area contributed by atoms with E-state index in [4.69, 9.17) is 18.9 Å². The molecule has 0 spiro atoms. The molecular formula is C24H38O5. The van der Waals surface area contributed by atoms with Gasteiger partial charge in [-0.05, 0) is 65.0 Å². The Morgan fingerprint density at radius 3 is 2.21 bits per heavy atom. The summed E-state index contributed by atoms with van der Waals surface area (Å²) in [7, 11) is 0. The summed E-state index contributed by atoms with van der Waals surface area (Å²) in [5.41, 5.74) is 4.83. The molecule has 7 atom stereocenters. The first-order chi connectivity index (χ1) is 13.7. The third kappa shape index (κ3) is 6.02. The number of aliphatic hydroxyl groups is 1. The summed E-state index contributed by atoms with van der Waals surface area (Å²) in [5, 5.41) is 10.0. The summed E-state index contributed by atoms with van der Waals surface area (Å²) >= 11 is 0. The van der Waals surface area contributed by atoms with Crippen molar-refractivity contribution >= 4 is 0 Å². The normalized spacial score (nSPS) is 34.2. The molecule has 2 aliphatic rings. The fourth-order valence-electron chi connectivity index (χ4n) is 4.80. The summed E-state index contributed by atoms with van der Waals surface area (Å²) in [6.07, 6.45) is 3.30. The molecule has 1 aromatic carbocycles. The largest absolute Gasteiger partial charge is 0.393 e. The summed E-state index contributed by atoms with van der Waals surface area (Å²) in [6.45, 7) is 12.4. The van der Waals surface area contributed by atoms with Gasteiger partial charge in [0.1, 0.15) is 0 Å². The highest BCUT2D eigenvalue weighted by molar-refractivity contribution is 5.38. The molecule has 2 heterocycles. The first-order valence-corrected chi connectivity index (χ1v) is 11.1. The van der Waals surface area contributed by atoms with E-state index in [1.165, 1.54) is 16.7 Å². The minimum absolute atomic E-state index is 0.0355. The van der Waals surface area contributed by atoms with E-state index >= 15 is 0 Å². The van der Waals surface area contributed by atoms with Crippen molar-refractivity contribution in [2.75, 3.05) is 0 Å². The first-order valence-electron chi connectivity index (χ1n) is 11.1. The highest BCUT2D eigenvalue weighted by Crippen LogP contribution is 2.36. The summed E-state index contributed by atoms with van der Waals surface area (Å²) in [4.78, 5) is 0. The van der Waals surface area contributed by atoms with Crippen molar-refractivity contribution in [3.05, 3.63) is 34.4 Å². The lowest BCUT2D eigenvalue weighted by Gasteiger charge is -2.40. The Morgan fingerprint density at radius 2 is 1.55 bits per heavy atom. The van der Waals surface area contributed by atoms with Crippen LogP contribution in [0.2, 0.25) is 0 Å². The van der Waals surface area contributed by atoms with E-state index in [0.29, 0.717) is 6.42 Å². The van der Waals surface area contributed by atoms with Crippen LogP contribution in [0.5, 0.6) is 0 Å². The molecule has 2 fully saturated rings. The van der Waals surface area contributed by atoms with Crippen LogP contribution < -0.4 is 0 Å². The second-order valence-electron chi connectivity index (χ2n) is 8.94. The van der Waals surface area contributed by atoms with Gasteiger partial charge in [0.15, 0.2) is 12.6 Å². The molecule has 2 saturated heterocycles. The van der Waals surface area contributed by atoms with E-state index in [1.54, 1.807) is 0 Å². The Hall–Kier alpha value is -0.980. The maximum Gasteiger partial charge on any atom is 0.184 e. The van der Waals surface area contributed by atoms with Gasteiger partial charge in [-0.3, -0.25) is 0 Å². The van der Waals surface area contributed by atoms with Crippen molar-refractivity contribution in [1.29, 1.82) is 0 Å². The average molecular weight is 407 g/mol. The number of rotatable bonds is 6. The molecule has 5 heteroatoms. The molecule has 29 heavy (non-hydrogen) atoms. The van der Waals surface area contributed by atoms with Gasteiger partial charge < -0.3 is 24.1 Å². The SMILES string of the molecule is CCC(O)CC1CC(CC2CC(C)O[C@@H](c3c(C)cc(C)cc3C)O2)O[C@@H](C)O1. The molecule has 5 nitrogen and oxygen atoms in total. The van der Waals surface area contributed by atoms with Crippen molar-refractivity contribution in [2.24, 2.45) is 0 Å². The lowest BCUT2D eigenvalue weighted by molar-refractivity contribution is -0.270. The molecular weight excluding hydrogens is 368 g/mol. The molecule has 164 valence electrons. The zero-order valence-corrected chi connectivity index (χ0v) is 18.8. The molecule has 3 rings (SSSR count). The second-order valence-corrected chi connectivity index (χ2v) is 8.94. The van der Waals surface area contributed by atoms with Gasteiger partial charge in [-0.1, -0.05) is 24.6 Å². The van der Waals surface area contributed by atoms with Crippen LogP contribution in [0.1, 0.15) is 81.4 Å². The number of hydrogen-bond acceptors (Lipinski definition) is 5. The second kappa shape index (κ2) is 9.88. The molecule has 0 aliphatic carbocycles. The number of benzene rings is 1. The van der Waals surface area contributed by atoms with Crippen LogP contribution in [-0.4, -0.2) is 41.9 Å². The van der Waals surface area contributed by atoms with Crippen molar-refractivity contribution in [1.82, 2.24) is 0 Å². The van der Waals surface area contributed by atoms with E-state index in [2.05, 4.69) is 39.8 Å². The first kappa shape index (κ1) is 22.7. The minimum atomic E-state index is -0.334. The maximum atomic E-state index is 10.0. The van der Waals surface area contributed by atoms with Crippen LogP contribution in [0, 0.1) is 20.8 Å². The smallest absolute Gasteiger partial charge is 0.184 e. The number of hydrogen-bond donors (Lipinski definition) is 1. The quantitative estimate of drug-likeness (QED) is 0.730. The van der Waals surface area contributed by atoms with E-state index < -0.39 is 0 Å². The highest BCUT2D eigenvalue weighted by Gasteiger charge is 2.35. The summed E-state index contributed by atoms with van der Waals surface area (Å²) < 4.78 is 24.5. The van der Waals surface area contributed by atoms with Gasteiger partial charge in [-0.25, -0.2) is 0 Å². The summed E-state index contributed by atoms with van der Waals surface area (Å²) in [5.74, 6) is 0. The Bertz CT molecular complexity index is 652.